The topological polar surface area (TPSA) is 20.2 Å². The van der Waals surface area contributed by atoms with Crippen molar-refractivity contribution in [3.05, 3.63) is 12.2 Å². The van der Waals surface area contributed by atoms with Crippen LogP contribution in [0, 0.1) is 5.92 Å². The first-order valence-corrected chi connectivity index (χ1v) is 2.57. The minimum Gasteiger partial charge on any atom is -0.392 e. The number of hydrogen-bond acceptors (Lipinski definition) is 1. The molecule has 1 fully saturated rings. The van der Waals surface area contributed by atoms with Crippen molar-refractivity contribution in [3.63, 3.8) is 0 Å². The Balaban J connectivity index is 2.43. The van der Waals surface area contributed by atoms with Gasteiger partial charge >= 0.3 is 0 Å². The molecule has 0 heterocycles. The molecular weight excluding hydrogens is 88.1 g/mol. The molecule has 0 spiro atoms. The third-order valence-corrected chi connectivity index (χ3v) is 1.69. The van der Waals surface area contributed by atoms with E-state index in [9.17, 15) is 0 Å². The molecule has 7 heavy (non-hydrogen) atoms. The van der Waals surface area contributed by atoms with Crippen molar-refractivity contribution in [2.24, 2.45) is 5.92 Å². The molecule has 1 rings (SSSR count). The fraction of sp³-hybridized carbons (Fsp3) is 0.667. The third kappa shape index (κ3) is 0.570. The van der Waals surface area contributed by atoms with Crippen molar-refractivity contribution in [2.75, 3.05) is 0 Å². The minimum absolute atomic E-state index is 0.0903. The molecule has 0 bridgehead atoms. The van der Waals surface area contributed by atoms with Gasteiger partial charge in [-0.15, -0.1) is 0 Å². The van der Waals surface area contributed by atoms with Crippen molar-refractivity contribution < 1.29 is 5.11 Å². The summed E-state index contributed by atoms with van der Waals surface area (Å²) in [5, 5.41) is 8.83. The molecule has 1 aliphatic carbocycles. The molecular formula is C6H10O. The SMILES string of the molecule is C=C1C[C@@H](O)C1C. The quantitative estimate of drug-likeness (QED) is 0.447. The highest BCUT2D eigenvalue weighted by molar-refractivity contribution is 5.13. The number of aliphatic hydroxyl groups excluding tert-OH is 1. The van der Waals surface area contributed by atoms with Crippen LogP contribution in [-0.2, 0) is 0 Å². The van der Waals surface area contributed by atoms with Crippen LogP contribution < -0.4 is 0 Å². The van der Waals surface area contributed by atoms with E-state index in [1.165, 1.54) is 5.57 Å². The second-order valence-corrected chi connectivity index (χ2v) is 2.22. The number of hydrogen-bond donors (Lipinski definition) is 1. The molecule has 40 valence electrons. The van der Waals surface area contributed by atoms with Crippen molar-refractivity contribution in [1.29, 1.82) is 0 Å². The Bertz CT molecular complexity index is 96.4. The summed E-state index contributed by atoms with van der Waals surface area (Å²) in [5.74, 6) is 0.361. The normalized spacial score (nSPS) is 40.6. The first kappa shape index (κ1) is 4.85. The lowest BCUT2D eigenvalue weighted by Gasteiger charge is -2.31. The molecule has 0 aliphatic heterocycles. The lowest BCUT2D eigenvalue weighted by atomic mass is 9.79. The van der Waals surface area contributed by atoms with Gasteiger partial charge in [-0.05, 0) is 6.42 Å². The lowest BCUT2D eigenvalue weighted by Crippen LogP contribution is -2.30. The van der Waals surface area contributed by atoms with Gasteiger partial charge in [0.15, 0.2) is 0 Å². The maximum absolute atomic E-state index is 8.83. The van der Waals surface area contributed by atoms with Gasteiger partial charge in [0.25, 0.3) is 0 Å². The van der Waals surface area contributed by atoms with E-state index in [4.69, 9.17) is 5.11 Å². The van der Waals surface area contributed by atoms with Crippen LogP contribution in [0.4, 0.5) is 0 Å². The fourth-order valence-electron chi connectivity index (χ4n) is 0.743. The van der Waals surface area contributed by atoms with Crippen LogP contribution in [-0.4, -0.2) is 11.2 Å². The zero-order chi connectivity index (χ0) is 5.44. The Morgan fingerprint density at radius 2 is 2.43 bits per heavy atom. The largest absolute Gasteiger partial charge is 0.392 e. The summed E-state index contributed by atoms with van der Waals surface area (Å²) in [6.07, 6.45) is 0.730. The summed E-state index contributed by atoms with van der Waals surface area (Å²) in [6, 6.07) is 0. The molecule has 0 aromatic heterocycles. The Morgan fingerprint density at radius 3 is 2.43 bits per heavy atom. The van der Waals surface area contributed by atoms with E-state index in [1.54, 1.807) is 0 Å². The van der Waals surface area contributed by atoms with Gasteiger partial charge in [-0.1, -0.05) is 19.1 Å². The molecule has 0 aromatic carbocycles. The number of aliphatic hydroxyl groups is 1. The van der Waals surface area contributed by atoms with Crippen molar-refractivity contribution in [3.8, 4) is 0 Å². The van der Waals surface area contributed by atoms with Gasteiger partial charge < -0.3 is 5.11 Å². The number of rotatable bonds is 0. The zero-order valence-electron chi connectivity index (χ0n) is 4.52. The first-order chi connectivity index (χ1) is 3.22. The van der Waals surface area contributed by atoms with Crippen molar-refractivity contribution >= 4 is 0 Å². The summed E-state index contributed by atoms with van der Waals surface area (Å²) in [7, 11) is 0. The van der Waals surface area contributed by atoms with Gasteiger partial charge in [0.1, 0.15) is 0 Å². The maximum Gasteiger partial charge on any atom is 0.0639 e. The van der Waals surface area contributed by atoms with E-state index in [-0.39, 0.29) is 6.10 Å². The van der Waals surface area contributed by atoms with Crippen molar-refractivity contribution in [1.82, 2.24) is 0 Å². The second kappa shape index (κ2) is 1.34. The van der Waals surface area contributed by atoms with Gasteiger partial charge in [-0.25, -0.2) is 0 Å². The van der Waals surface area contributed by atoms with E-state index in [2.05, 4.69) is 6.58 Å². The Morgan fingerprint density at radius 1 is 1.86 bits per heavy atom. The molecule has 1 nitrogen and oxygen atoms in total. The summed E-state index contributed by atoms with van der Waals surface area (Å²) in [5.41, 5.74) is 1.19. The molecule has 1 saturated carbocycles. The van der Waals surface area contributed by atoms with Crippen LogP contribution in [0.2, 0.25) is 0 Å². The maximum atomic E-state index is 8.83. The lowest BCUT2D eigenvalue weighted by molar-refractivity contribution is 0.0844. The molecule has 1 heteroatoms. The molecule has 0 amide bonds. The zero-order valence-corrected chi connectivity index (χ0v) is 4.52. The second-order valence-electron chi connectivity index (χ2n) is 2.22. The monoisotopic (exact) mass is 98.1 g/mol. The average Bonchev–Trinajstić information content (AvgIpc) is 1.68. The Kier molecular flexibility index (Phi) is 0.927. The predicted octanol–water partition coefficient (Wildman–Crippen LogP) is 0.943. The molecule has 0 saturated heterocycles. The van der Waals surface area contributed by atoms with E-state index in [1.807, 2.05) is 6.92 Å². The molecule has 0 radical (unpaired) electrons. The van der Waals surface area contributed by atoms with E-state index < -0.39 is 0 Å². The minimum atomic E-state index is -0.0903. The first-order valence-electron chi connectivity index (χ1n) is 2.57. The van der Waals surface area contributed by atoms with Crippen molar-refractivity contribution in [2.45, 2.75) is 19.4 Å². The molecule has 1 aliphatic rings. The smallest absolute Gasteiger partial charge is 0.0639 e. The predicted molar refractivity (Wildman–Crippen MR) is 28.9 cm³/mol. The van der Waals surface area contributed by atoms with Gasteiger partial charge in [-0.3, -0.25) is 0 Å². The summed E-state index contributed by atoms with van der Waals surface area (Å²) in [6.45, 7) is 5.73. The van der Waals surface area contributed by atoms with E-state index in [0.717, 1.165) is 6.42 Å². The van der Waals surface area contributed by atoms with Crippen LogP contribution in [0.5, 0.6) is 0 Å². The standard InChI is InChI=1S/C6H10O/c1-4-3-6(7)5(4)2/h5-7H,1,3H2,2H3/t5?,6-/m1/s1. The average molecular weight is 98.1 g/mol. The van der Waals surface area contributed by atoms with Gasteiger partial charge in [-0.2, -0.15) is 0 Å². The van der Waals surface area contributed by atoms with Gasteiger partial charge in [0, 0.05) is 5.92 Å². The fourth-order valence-corrected chi connectivity index (χ4v) is 0.743. The third-order valence-electron chi connectivity index (χ3n) is 1.69. The molecule has 0 aromatic rings. The Hall–Kier alpha value is -0.300. The van der Waals surface area contributed by atoms with Crippen LogP contribution in [0.3, 0.4) is 0 Å². The summed E-state index contributed by atoms with van der Waals surface area (Å²) in [4.78, 5) is 0. The highest BCUT2D eigenvalue weighted by Gasteiger charge is 2.27. The van der Waals surface area contributed by atoms with Gasteiger partial charge in [0.05, 0.1) is 6.10 Å². The molecule has 1 unspecified atom stereocenters. The van der Waals surface area contributed by atoms with E-state index in [0.29, 0.717) is 5.92 Å². The summed E-state index contributed by atoms with van der Waals surface area (Å²) < 4.78 is 0. The van der Waals surface area contributed by atoms with Crippen LogP contribution in [0.1, 0.15) is 13.3 Å². The Labute approximate surface area is 43.7 Å². The molecule has 1 N–H and O–H groups in total. The van der Waals surface area contributed by atoms with Crippen LogP contribution in [0.25, 0.3) is 0 Å². The van der Waals surface area contributed by atoms with E-state index >= 15 is 0 Å². The van der Waals surface area contributed by atoms with Crippen LogP contribution >= 0.6 is 0 Å². The summed E-state index contributed by atoms with van der Waals surface area (Å²) >= 11 is 0. The highest BCUT2D eigenvalue weighted by Crippen LogP contribution is 2.31. The molecule has 2 atom stereocenters. The van der Waals surface area contributed by atoms with Crippen LogP contribution in [0.15, 0.2) is 12.2 Å². The van der Waals surface area contributed by atoms with Gasteiger partial charge in [0.2, 0.25) is 0 Å². The highest BCUT2D eigenvalue weighted by atomic mass is 16.3.